The zero-order chi connectivity index (χ0) is 7.72. The summed E-state index contributed by atoms with van der Waals surface area (Å²) in [6, 6.07) is 0. The van der Waals surface area contributed by atoms with Gasteiger partial charge < -0.3 is 9.84 Å². The predicted molar refractivity (Wildman–Crippen MR) is 43.7 cm³/mol. The van der Waals surface area contributed by atoms with Crippen molar-refractivity contribution in [2.75, 3.05) is 0 Å². The first-order valence-electron chi connectivity index (χ1n) is 2.86. The van der Waals surface area contributed by atoms with E-state index in [0.717, 1.165) is 0 Å². The van der Waals surface area contributed by atoms with Gasteiger partial charge in [0.25, 0.3) is 0 Å². The van der Waals surface area contributed by atoms with E-state index in [1.54, 1.807) is 11.0 Å². The Morgan fingerprint density at radius 2 is 2.40 bits per heavy atom. The van der Waals surface area contributed by atoms with Gasteiger partial charge in [-0.05, 0) is 11.0 Å². The van der Waals surface area contributed by atoms with Gasteiger partial charge in [-0.25, -0.2) is 4.79 Å². The van der Waals surface area contributed by atoms with E-state index in [0.29, 0.717) is 5.57 Å². The monoisotopic (exact) mass is 254 g/mol. The third-order valence-corrected chi connectivity index (χ3v) is 2.08. The Morgan fingerprint density at radius 3 is 2.60 bits per heavy atom. The summed E-state index contributed by atoms with van der Waals surface area (Å²) in [5, 5.41) is 9.21. The predicted octanol–water partition coefficient (Wildman–Crippen LogP) is 0.611. The number of carbonyl (C=O) groups excluding carboxylic acids is 1. The minimum absolute atomic E-state index is 0.355. The van der Waals surface area contributed by atoms with Crippen LogP contribution in [0.4, 0.5) is 0 Å². The molecule has 0 aromatic carbocycles. The van der Waals surface area contributed by atoms with Crippen molar-refractivity contribution in [2.45, 2.75) is 19.1 Å². The molecule has 4 heteroatoms. The second-order valence-corrected chi connectivity index (χ2v) is 2.74. The molecule has 1 aliphatic heterocycles. The second kappa shape index (κ2) is 2.87. The van der Waals surface area contributed by atoms with Crippen LogP contribution in [0, 0.1) is 0 Å². The number of hydrogen-bond acceptors (Lipinski definition) is 3. The molecular weight excluding hydrogens is 247 g/mol. The van der Waals surface area contributed by atoms with Crippen LogP contribution < -0.4 is 0 Å². The number of esters is 1. The highest BCUT2D eigenvalue weighted by molar-refractivity contribution is 14.1. The van der Waals surface area contributed by atoms with E-state index >= 15 is 0 Å². The normalized spacial score (nSPS) is 36.7. The molecule has 0 spiro atoms. The highest BCUT2D eigenvalue weighted by Gasteiger charge is 2.34. The Bertz CT molecular complexity index is 187. The van der Waals surface area contributed by atoms with Crippen LogP contribution in [0.15, 0.2) is 9.66 Å². The molecule has 1 heterocycles. The number of carbonyl (C=O) groups is 1. The van der Waals surface area contributed by atoms with Gasteiger partial charge in [-0.2, -0.15) is 0 Å². The minimum atomic E-state index is -0.746. The number of ether oxygens (including phenoxy) is 1. The lowest BCUT2D eigenvalue weighted by atomic mass is 10.1. The first-order chi connectivity index (χ1) is 4.66. The molecule has 0 aromatic heterocycles. The molecule has 1 saturated heterocycles. The van der Waals surface area contributed by atoms with Crippen molar-refractivity contribution < 1.29 is 14.6 Å². The van der Waals surface area contributed by atoms with E-state index in [2.05, 4.69) is 0 Å². The zero-order valence-electron chi connectivity index (χ0n) is 5.37. The van der Waals surface area contributed by atoms with Crippen molar-refractivity contribution in [3.8, 4) is 0 Å². The number of aliphatic hydroxyl groups is 1. The molecule has 2 atom stereocenters. The molecule has 1 fully saturated rings. The molecule has 0 bridgehead atoms. The molecule has 0 radical (unpaired) electrons. The maximum Gasteiger partial charge on any atom is 0.337 e. The average molecular weight is 254 g/mol. The largest absolute Gasteiger partial charge is 0.456 e. The molecule has 3 nitrogen and oxygen atoms in total. The van der Waals surface area contributed by atoms with Crippen LogP contribution in [0.1, 0.15) is 6.92 Å². The Labute approximate surface area is 72.2 Å². The molecule has 10 heavy (non-hydrogen) atoms. The van der Waals surface area contributed by atoms with E-state index < -0.39 is 18.2 Å². The topological polar surface area (TPSA) is 46.5 Å². The van der Waals surface area contributed by atoms with E-state index in [1.165, 1.54) is 0 Å². The maximum absolute atomic E-state index is 10.8. The fraction of sp³-hybridized carbons (Fsp3) is 0.500. The lowest BCUT2D eigenvalue weighted by Gasteiger charge is -2.03. The lowest BCUT2D eigenvalue weighted by molar-refractivity contribution is -0.138. The van der Waals surface area contributed by atoms with Crippen molar-refractivity contribution in [3.05, 3.63) is 9.66 Å². The SMILES string of the molecule is C[C@H]1OC(=O)/C(=C\I)[C@@H]1O. The summed E-state index contributed by atoms with van der Waals surface area (Å²) in [6.45, 7) is 1.66. The molecule has 1 N–H and O–H groups in total. The highest BCUT2D eigenvalue weighted by Crippen LogP contribution is 2.21. The third kappa shape index (κ3) is 1.17. The van der Waals surface area contributed by atoms with Gasteiger partial charge in [-0.3, -0.25) is 0 Å². The molecule has 0 unspecified atom stereocenters. The molecule has 0 aliphatic carbocycles. The minimum Gasteiger partial charge on any atom is -0.456 e. The van der Waals surface area contributed by atoms with E-state index in [1.807, 2.05) is 22.6 Å². The molecule has 0 amide bonds. The quantitative estimate of drug-likeness (QED) is 0.391. The van der Waals surface area contributed by atoms with E-state index in [-0.39, 0.29) is 0 Å². The maximum atomic E-state index is 10.8. The average Bonchev–Trinajstić information content (AvgIpc) is 2.09. The van der Waals surface area contributed by atoms with Crippen LogP contribution in [0.2, 0.25) is 0 Å². The first-order valence-corrected chi connectivity index (χ1v) is 4.10. The van der Waals surface area contributed by atoms with Crippen LogP contribution in [-0.2, 0) is 9.53 Å². The standard InChI is InChI=1S/C6H7IO3/c1-3-5(8)4(2-7)6(9)10-3/h2-3,5,8H,1H3/b4-2-/t3-,5-/m1/s1. The number of hydrogen-bond donors (Lipinski definition) is 1. The van der Waals surface area contributed by atoms with Crippen LogP contribution in [0.3, 0.4) is 0 Å². The smallest absolute Gasteiger partial charge is 0.337 e. The van der Waals surface area contributed by atoms with Gasteiger partial charge in [0.1, 0.15) is 12.2 Å². The summed E-state index contributed by atoms with van der Waals surface area (Å²) in [5.41, 5.74) is 0.355. The molecule has 1 rings (SSSR count). The second-order valence-electron chi connectivity index (χ2n) is 2.12. The third-order valence-electron chi connectivity index (χ3n) is 1.41. The van der Waals surface area contributed by atoms with Crippen molar-refractivity contribution in [1.82, 2.24) is 0 Å². The summed E-state index contributed by atoms with van der Waals surface area (Å²) < 4.78 is 6.26. The summed E-state index contributed by atoms with van der Waals surface area (Å²) in [6.07, 6.45) is -1.14. The van der Waals surface area contributed by atoms with Gasteiger partial charge in [0, 0.05) is 0 Å². The van der Waals surface area contributed by atoms with Crippen molar-refractivity contribution >= 4 is 28.6 Å². The molecule has 0 aromatic rings. The molecule has 56 valence electrons. The van der Waals surface area contributed by atoms with Crippen molar-refractivity contribution in [3.63, 3.8) is 0 Å². The molecular formula is C6H7IO3. The van der Waals surface area contributed by atoms with E-state index in [4.69, 9.17) is 4.74 Å². The highest BCUT2D eigenvalue weighted by atomic mass is 127. The summed E-state index contributed by atoms with van der Waals surface area (Å²) in [4.78, 5) is 10.8. The van der Waals surface area contributed by atoms with Crippen molar-refractivity contribution in [1.29, 1.82) is 0 Å². The number of rotatable bonds is 0. The Hall–Kier alpha value is -0.100. The Kier molecular flexibility index (Phi) is 2.30. The van der Waals surface area contributed by atoms with Crippen LogP contribution >= 0.6 is 22.6 Å². The fourth-order valence-corrected chi connectivity index (χ4v) is 1.41. The summed E-state index contributed by atoms with van der Waals surface area (Å²) in [5.74, 6) is -0.408. The number of halogens is 1. The lowest BCUT2D eigenvalue weighted by Crippen LogP contribution is -2.17. The molecule has 1 aliphatic rings. The Morgan fingerprint density at radius 1 is 1.80 bits per heavy atom. The van der Waals surface area contributed by atoms with Gasteiger partial charge in [0.05, 0.1) is 5.57 Å². The summed E-state index contributed by atoms with van der Waals surface area (Å²) >= 11 is 1.91. The Balaban J connectivity index is 2.85. The number of aliphatic hydroxyl groups excluding tert-OH is 1. The van der Waals surface area contributed by atoms with Gasteiger partial charge in [0.2, 0.25) is 0 Å². The van der Waals surface area contributed by atoms with Gasteiger partial charge in [0.15, 0.2) is 0 Å². The van der Waals surface area contributed by atoms with Crippen LogP contribution in [0.5, 0.6) is 0 Å². The van der Waals surface area contributed by atoms with Crippen molar-refractivity contribution in [2.24, 2.45) is 0 Å². The number of cyclic esters (lactones) is 1. The van der Waals surface area contributed by atoms with Crippen LogP contribution in [-0.4, -0.2) is 23.3 Å². The molecule has 0 saturated carbocycles. The first kappa shape index (κ1) is 8.00. The van der Waals surface area contributed by atoms with Gasteiger partial charge >= 0.3 is 5.97 Å². The van der Waals surface area contributed by atoms with Gasteiger partial charge in [-0.1, -0.05) is 22.6 Å². The fourth-order valence-electron chi connectivity index (χ4n) is 0.784. The van der Waals surface area contributed by atoms with Gasteiger partial charge in [-0.15, -0.1) is 0 Å². The van der Waals surface area contributed by atoms with Crippen LogP contribution in [0.25, 0.3) is 0 Å². The van der Waals surface area contributed by atoms with E-state index in [9.17, 15) is 9.90 Å². The summed E-state index contributed by atoms with van der Waals surface area (Å²) in [7, 11) is 0. The zero-order valence-corrected chi connectivity index (χ0v) is 7.53.